The van der Waals surface area contributed by atoms with E-state index in [1.54, 1.807) is 0 Å². The highest BCUT2D eigenvalue weighted by Gasteiger charge is 2.44. The van der Waals surface area contributed by atoms with Crippen LogP contribution in [0, 0.1) is 0 Å². The van der Waals surface area contributed by atoms with E-state index in [0.717, 1.165) is 32.2 Å². The second kappa shape index (κ2) is 10.4. The summed E-state index contributed by atoms with van der Waals surface area (Å²) in [5.74, 6) is 0. The van der Waals surface area contributed by atoms with Crippen molar-refractivity contribution in [2.24, 2.45) is 5.73 Å². The van der Waals surface area contributed by atoms with Gasteiger partial charge in [0.2, 0.25) is 0 Å². The molecule has 0 spiro atoms. The predicted octanol–water partition coefficient (Wildman–Crippen LogP) is 3.74. The maximum Gasteiger partial charge on any atom is 0.112 e. The Morgan fingerprint density at radius 2 is 1.00 bits per heavy atom. The van der Waals surface area contributed by atoms with E-state index < -0.39 is 7.26 Å². The van der Waals surface area contributed by atoms with Crippen LogP contribution in [0.4, 0.5) is 0 Å². The Bertz CT molecular complexity index is 681. The van der Waals surface area contributed by atoms with E-state index in [2.05, 4.69) is 91.0 Å². The van der Waals surface area contributed by atoms with Crippen LogP contribution in [0.5, 0.6) is 0 Å². The minimum atomic E-state index is -1.71. The molecule has 0 atom stereocenters. The van der Waals surface area contributed by atoms with Gasteiger partial charge in [0, 0.05) is 13.0 Å². The second-order valence-corrected chi connectivity index (χ2v) is 10.3. The summed E-state index contributed by atoms with van der Waals surface area (Å²) in [4.78, 5) is 0. The van der Waals surface area contributed by atoms with Crippen LogP contribution >= 0.6 is 7.26 Å². The Hall–Kier alpha value is -1.99. The lowest BCUT2D eigenvalue weighted by atomic mass is 10.4. The Kier molecular flexibility index (Phi) is 7.59. The molecule has 2 nitrogen and oxygen atoms in total. The molecule has 140 valence electrons. The Morgan fingerprint density at radius 1 is 0.593 bits per heavy atom. The highest BCUT2D eigenvalue weighted by atomic mass is 31.2. The molecular weight excluding hydrogens is 349 g/mol. The van der Waals surface area contributed by atoms with Crippen molar-refractivity contribution in [3.8, 4) is 0 Å². The fourth-order valence-corrected chi connectivity index (χ4v) is 7.89. The molecule has 0 saturated heterocycles. The molecule has 3 rings (SSSR count). The molecule has 0 unspecified atom stereocenters. The van der Waals surface area contributed by atoms with Crippen molar-refractivity contribution < 1.29 is 4.74 Å². The Morgan fingerprint density at radius 3 is 1.41 bits per heavy atom. The number of nitrogens with two attached hydrogens (primary N) is 1. The van der Waals surface area contributed by atoms with Gasteiger partial charge in [0.15, 0.2) is 0 Å². The summed E-state index contributed by atoms with van der Waals surface area (Å²) >= 11 is 0. The predicted molar refractivity (Wildman–Crippen MR) is 119 cm³/mol. The van der Waals surface area contributed by atoms with Gasteiger partial charge in [0.05, 0.1) is 12.8 Å². The quantitative estimate of drug-likeness (QED) is 0.431. The molecule has 0 aliphatic heterocycles. The monoisotopic (exact) mass is 378 g/mol. The molecule has 0 fully saturated rings. The summed E-state index contributed by atoms with van der Waals surface area (Å²) in [5.41, 5.74) is 5.57. The second-order valence-electron chi connectivity index (χ2n) is 6.65. The largest absolute Gasteiger partial charge is 0.381 e. The minimum Gasteiger partial charge on any atom is -0.381 e. The smallest absolute Gasteiger partial charge is 0.112 e. The van der Waals surface area contributed by atoms with E-state index in [-0.39, 0.29) is 0 Å². The average Bonchev–Trinajstić information content (AvgIpc) is 2.75. The first-order valence-corrected chi connectivity index (χ1v) is 11.7. The average molecular weight is 378 g/mol. The van der Waals surface area contributed by atoms with Crippen LogP contribution in [0.2, 0.25) is 0 Å². The normalized spacial score (nSPS) is 11.4. The van der Waals surface area contributed by atoms with Gasteiger partial charge in [-0.25, -0.2) is 0 Å². The first-order chi connectivity index (χ1) is 13.4. The third kappa shape index (κ3) is 4.84. The summed E-state index contributed by atoms with van der Waals surface area (Å²) in [6, 6.07) is 33.0. The van der Waals surface area contributed by atoms with Gasteiger partial charge in [-0.05, 0) is 49.4 Å². The zero-order valence-electron chi connectivity index (χ0n) is 15.8. The summed E-state index contributed by atoms with van der Waals surface area (Å²) in [6.07, 6.45) is 3.07. The molecule has 0 bridgehead atoms. The van der Waals surface area contributed by atoms with Crippen molar-refractivity contribution in [2.75, 3.05) is 25.9 Å². The summed E-state index contributed by atoms with van der Waals surface area (Å²) in [7, 11) is -1.71. The maximum atomic E-state index is 5.81. The number of ether oxygens (including phenoxy) is 1. The van der Waals surface area contributed by atoms with Crippen LogP contribution < -0.4 is 21.6 Å². The van der Waals surface area contributed by atoms with Crippen molar-refractivity contribution in [1.29, 1.82) is 0 Å². The van der Waals surface area contributed by atoms with Crippen molar-refractivity contribution in [2.45, 2.75) is 12.8 Å². The van der Waals surface area contributed by atoms with Gasteiger partial charge >= 0.3 is 0 Å². The Labute approximate surface area is 163 Å². The van der Waals surface area contributed by atoms with Crippen LogP contribution in [0.1, 0.15) is 12.8 Å². The van der Waals surface area contributed by atoms with E-state index in [0.29, 0.717) is 6.54 Å². The van der Waals surface area contributed by atoms with E-state index in [4.69, 9.17) is 10.5 Å². The molecule has 0 aromatic heterocycles. The van der Waals surface area contributed by atoms with Gasteiger partial charge in [-0.1, -0.05) is 54.6 Å². The fraction of sp³-hybridized carbons (Fsp3) is 0.250. The molecule has 0 amide bonds. The topological polar surface area (TPSA) is 35.2 Å². The van der Waals surface area contributed by atoms with Crippen LogP contribution in [-0.4, -0.2) is 25.9 Å². The van der Waals surface area contributed by atoms with Crippen LogP contribution in [0.25, 0.3) is 0 Å². The van der Waals surface area contributed by atoms with Crippen molar-refractivity contribution in [3.63, 3.8) is 0 Å². The third-order valence-electron chi connectivity index (χ3n) is 4.87. The summed E-state index contributed by atoms with van der Waals surface area (Å²) in [6.45, 7) is 2.23. The standard InChI is InChI=1S/C24H29NOP/c25-18-10-19-26-20-11-21-27(22-12-4-1-5-13-22,23-14-6-2-7-15-23)24-16-8-3-9-17-24/h1-9,12-17H,10-11,18-21,25H2/q+1. The van der Waals surface area contributed by atoms with Crippen molar-refractivity contribution >= 4 is 23.2 Å². The van der Waals surface area contributed by atoms with Gasteiger partial charge in [0.1, 0.15) is 23.2 Å². The lowest BCUT2D eigenvalue weighted by molar-refractivity contribution is 0.134. The lowest BCUT2D eigenvalue weighted by Crippen LogP contribution is -2.33. The first-order valence-electron chi connectivity index (χ1n) is 9.70. The molecule has 27 heavy (non-hydrogen) atoms. The van der Waals surface area contributed by atoms with Crippen LogP contribution in [0.15, 0.2) is 91.0 Å². The highest BCUT2D eigenvalue weighted by molar-refractivity contribution is 7.95. The van der Waals surface area contributed by atoms with Gasteiger partial charge in [0.25, 0.3) is 0 Å². The number of benzene rings is 3. The number of hydrogen-bond acceptors (Lipinski definition) is 2. The van der Waals surface area contributed by atoms with Crippen molar-refractivity contribution in [1.82, 2.24) is 0 Å². The van der Waals surface area contributed by atoms with Crippen molar-refractivity contribution in [3.05, 3.63) is 91.0 Å². The molecular formula is C24H29NOP+. The SMILES string of the molecule is NCCCOCCC[P+](c1ccccc1)(c1ccccc1)c1ccccc1. The van der Waals surface area contributed by atoms with E-state index in [1.807, 2.05) is 0 Å². The summed E-state index contributed by atoms with van der Waals surface area (Å²) in [5, 5.41) is 4.30. The zero-order valence-corrected chi connectivity index (χ0v) is 16.7. The summed E-state index contributed by atoms with van der Waals surface area (Å²) < 4.78 is 5.81. The zero-order chi connectivity index (χ0) is 18.8. The van der Waals surface area contributed by atoms with E-state index in [9.17, 15) is 0 Å². The van der Waals surface area contributed by atoms with E-state index in [1.165, 1.54) is 15.9 Å². The van der Waals surface area contributed by atoms with Gasteiger partial charge in [-0.15, -0.1) is 0 Å². The first kappa shape index (κ1) is 19.8. The molecule has 0 saturated carbocycles. The molecule has 3 heteroatoms. The van der Waals surface area contributed by atoms with E-state index >= 15 is 0 Å². The Balaban J connectivity index is 1.98. The maximum absolute atomic E-state index is 5.81. The molecule has 0 radical (unpaired) electrons. The lowest BCUT2D eigenvalue weighted by Gasteiger charge is -2.27. The number of hydrogen-bond donors (Lipinski definition) is 1. The molecule has 3 aromatic rings. The van der Waals surface area contributed by atoms with Gasteiger partial charge < -0.3 is 10.5 Å². The van der Waals surface area contributed by atoms with Gasteiger partial charge in [-0.3, -0.25) is 0 Å². The molecule has 3 aromatic carbocycles. The molecule has 0 aliphatic carbocycles. The molecule has 2 N–H and O–H groups in total. The van der Waals surface area contributed by atoms with Crippen LogP contribution in [-0.2, 0) is 4.74 Å². The number of rotatable bonds is 10. The fourth-order valence-electron chi connectivity index (χ4n) is 3.57. The third-order valence-corrected chi connectivity index (χ3v) is 9.39. The molecule has 0 aliphatic rings. The molecule has 0 heterocycles. The van der Waals surface area contributed by atoms with Gasteiger partial charge in [-0.2, -0.15) is 0 Å². The highest BCUT2D eigenvalue weighted by Crippen LogP contribution is 2.55. The minimum absolute atomic E-state index is 0.689. The van der Waals surface area contributed by atoms with Crippen LogP contribution in [0.3, 0.4) is 0 Å².